The molecule has 10 heteroatoms. The van der Waals surface area contributed by atoms with Gasteiger partial charge >= 0.3 is 12.1 Å². The molecule has 2 aromatic carbocycles. The third-order valence-corrected chi connectivity index (χ3v) is 6.00. The van der Waals surface area contributed by atoms with Gasteiger partial charge in [0.25, 0.3) is 5.91 Å². The number of H-pyrrole nitrogens is 1. The Labute approximate surface area is 198 Å². The Bertz CT molecular complexity index is 1320. The number of aromatic amines is 1. The molecule has 0 radical (unpaired) electrons. The minimum atomic E-state index is -4.76. The number of ether oxygens (including phenoxy) is 1. The van der Waals surface area contributed by atoms with E-state index in [1.807, 2.05) is 0 Å². The fourth-order valence-electron chi connectivity index (χ4n) is 4.26. The van der Waals surface area contributed by atoms with E-state index < -0.39 is 34.7 Å². The average molecular weight is 487 g/mol. The molecule has 1 aromatic heterocycles. The highest BCUT2D eigenvalue weighted by Gasteiger charge is 2.36. The van der Waals surface area contributed by atoms with E-state index in [4.69, 9.17) is 4.74 Å². The number of amides is 1. The monoisotopic (exact) mass is 487 g/mol. The Hall–Kier alpha value is -3.82. The number of pyridine rings is 1. The first-order valence-electron chi connectivity index (χ1n) is 11.2. The Balaban J connectivity index is 1.62. The molecule has 35 heavy (non-hydrogen) atoms. The van der Waals surface area contributed by atoms with Crippen LogP contribution in [0.5, 0.6) is 0 Å². The summed E-state index contributed by atoms with van der Waals surface area (Å²) in [5.41, 5.74) is -1.59. The molecule has 0 spiro atoms. The molecule has 184 valence electrons. The van der Waals surface area contributed by atoms with Gasteiger partial charge in [-0.05, 0) is 50.1 Å². The summed E-state index contributed by atoms with van der Waals surface area (Å²) in [5.74, 6) is -1.73. The Morgan fingerprint density at radius 3 is 2.71 bits per heavy atom. The molecule has 1 saturated heterocycles. The lowest BCUT2D eigenvalue weighted by Crippen LogP contribution is -2.39. The first-order valence-corrected chi connectivity index (χ1v) is 11.2. The Morgan fingerprint density at radius 1 is 1.20 bits per heavy atom. The molecule has 1 aliphatic rings. The van der Waals surface area contributed by atoms with Crippen molar-refractivity contribution >= 4 is 34.2 Å². The van der Waals surface area contributed by atoms with Crippen LogP contribution in [0.25, 0.3) is 10.9 Å². The highest BCUT2D eigenvalue weighted by molar-refractivity contribution is 6.06. The van der Waals surface area contributed by atoms with E-state index in [-0.39, 0.29) is 35.8 Å². The summed E-state index contributed by atoms with van der Waals surface area (Å²) in [4.78, 5) is 42.1. The topological polar surface area (TPSA) is 91.5 Å². The van der Waals surface area contributed by atoms with Crippen molar-refractivity contribution in [3.05, 3.63) is 70.0 Å². The molecule has 0 saturated carbocycles. The quantitative estimate of drug-likeness (QED) is 0.514. The van der Waals surface area contributed by atoms with Gasteiger partial charge in [0.1, 0.15) is 5.56 Å². The molecule has 1 amide bonds. The minimum Gasteiger partial charge on any atom is -0.466 e. The van der Waals surface area contributed by atoms with Gasteiger partial charge in [-0.1, -0.05) is 12.1 Å². The number of halogens is 3. The van der Waals surface area contributed by atoms with Crippen LogP contribution < -0.4 is 15.6 Å². The summed E-state index contributed by atoms with van der Waals surface area (Å²) in [5, 5.41) is 2.50. The molecule has 1 fully saturated rings. The van der Waals surface area contributed by atoms with Crippen molar-refractivity contribution in [2.75, 3.05) is 29.9 Å². The van der Waals surface area contributed by atoms with E-state index in [2.05, 4.69) is 10.3 Å². The maximum Gasteiger partial charge on any atom is 0.418 e. The number of piperidine rings is 1. The highest BCUT2D eigenvalue weighted by atomic mass is 19.4. The first kappa shape index (κ1) is 24.3. The second-order valence-corrected chi connectivity index (χ2v) is 8.30. The molecule has 1 aliphatic heterocycles. The van der Waals surface area contributed by atoms with E-state index >= 15 is 0 Å². The molecule has 7 nitrogen and oxygen atoms in total. The number of esters is 1. The van der Waals surface area contributed by atoms with E-state index in [0.717, 1.165) is 6.07 Å². The van der Waals surface area contributed by atoms with Gasteiger partial charge in [0.05, 0.1) is 23.8 Å². The van der Waals surface area contributed by atoms with Crippen molar-refractivity contribution in [1.29, 1.82) is 0 Å². The van der Waals surface area contributed by atoms with Gasteiger partial charge < -0.3 is 19.9 Å². The smallest absolute Gasteiger partial charge is 0.418 e. The zero-order valence-corrected chi connectivity index (χ0v) is 18.9. The lowest BCUT2D eigenvalue weighted by molar-refractivity contribution is -0.148. The molecule has 4 rings (SSSR count). The number of nitrogens with zero attached hydrogens (tertiary/aromatic N) is 1. The van der Waals surface area contributed by atoms with Crippen LogP contribution in [-0.2, 0) is 15.7 Å². The number of hydrogen-bond acceptors (Lipinski definition) is 5. The van der Waals surface area contributed by atoms with Crippen molar-refractivity contribution in [2.45, 2.75) is 25.9 Å². The number of carbonyl (C=O) groups is 2. The molecule has 0 unspecified atom stereocenters. The number of nitrogens with one attached hydrogen (secondary N) is 2. The minimum absolute atomic E-state index is 0.238. The van der Waals surface area contributed by atoms with Crippen LogP contribution in [-0.4, -0.2) is 36.6 Å². The van der Waals surface area contributed by atoms with Gasteiger partial charge in [0.15, 0.2) is 0 Å². The van der Waals surface area contributed by atoms with Gasteiger partial charge in [-0.15, -0.1) is 0 Å². The number of rotatable bonds is 5. The average Bonchev–Trinajstić information content (AvgIpc) is 2.84. The molecule has 2 N–H and O–H groups in total. The zero-order chi connectivity index (χ0) is 25.2. The normalized spacial score (nSPS) is 16.2. The van der Waals surface area contributed by atoms with Gasteiger partial charge in [-0.3, -0.25) is 14.4 Å². The lowest BCUT2D eigenvalue weighted by atomic mass is 9.97. The SMILES string of the molecule is CCOC(=O)[C@H]1CCCN(c2ccc(NC(=O)c3c[nH]c4ccccc4c3=O)c(C(F)(F)F)c2)C1. The number of carbonyl (C=O) groups excluding carboxylic acids is 2. The standard InChI is InChI=1S/C25H24F3N3O4/c1-2-35-24(34)15-6-5-11-31(14-15)16-9-10-21(19(12-16)25(26,27)28)30-23(33)18-13-29-20-8-4-3-7-17(20)22(18)32/h3-4,7-10,12-13,15H,2,5-6,11,14H2,1H3,(H,29,32)(H,30,33)/t15-/m0/s1. The van der Waals surface area contributed by atoms with Gasteiger partial charge in [0, 0.05) is 35.9 Å². The summed E-state index contributed by atoms with van der Waals surface area (Å²) in [6.45, 7) is 2.68. The zero-order valence-electron chi connectivity index (χ0n) is 18.9. The maximum atomic E-state index is 13.9. The number of aromatic nitrogens is 1. The van der Waals surface area contributed by atoms with Crippen LogP contribution in [0.3, 0.4) is 0 Å². The Morgan fingerprint density at radius 2 is 1.97 bits per heavy atom. The second-order valence-electron chi connectivity index (χ2n) is 8.30. The van der Waals surface area contributed by atoms with Crippen molar-refractivity contribution in [2.24, 2.45) is 5.92 Å². The maximum absolute atomic E-state index is 13.9. The predicted molar refractivity (Wildman–Crippen MR) is 126 cm³/mol. The molecule has 2 heterocycles. The molecular formula is C25H24F3N3O4. The van der Waals surface area contributed by atoms with Gasteiger partial charge in [-0.2, -0.15) is 13.2 Å². The summed E-state index contributed by atoms with van der Waals surface area (Å²) in [7, 11) is 0. The number of para-hydroxylation sites is 1. The number of hydrogen-bond donors (Lipinski definition) is 2. The fourth-order valence-corrected chi connectivity index (χ4v) is 4.26. The summed E-state index contributed by atoms with van der Waals surface area (Å²) < 4.78 is 46.9. The highest BCUT2D eigenvalue weighted by Crippen LogP contribution is 2.38. The molecule has 1 atom stereocenters. The van der Waals surface area contributed by atoms with Gasteiger partial charge in [-0.25, -0.2) is 0 Å². The van der Waals surface area contributed by atoms with Crippen molar-refractivity contribution < 1.29 is 27.5 Å². The second kappa shape index (κ2) is 9.81. The summed E-state index contributed by atoms with van der Waals surface area (Å²) >= 11 is 0. The third kappa shape index (κ3) is 5.16. The summed E-state index contributed by atoms with van der Waals surface area (Å²) in [6.07, 6.45) is -2.33. The molecule has 3 aromatic rings. The van der Waals surface area contributed by atoms with Crippen LogP contribution in [0.15, 0.2) is 53.5 Å². The predicted octanol–water partition coefficient (Wildman–Crippen LogP) is 4.58. The van der Waals surface area contributed by atoms with Crippen LogP contribution in [0.1, 0.15) is 35.7 Å². The molecule has 0 aliphatic carbocycles. The number of anilines is 2. The van der Waals surface area contributed by atoms with Gasteiger partial charge in [0.2, 0.25) is 5.43 Å². The van der Waals surface area contributed by atoms with E-state index in [9.17, 15) is 27.6 Å². The first-order chi connectivity index (χ1) is 16.7. The fraction of sp³-hybridized carbons (Fsp3) is 0.320. The van der Waals surface area contributed by atoms with Crippen molar-refractivity contribution in [1.82, 2.24) is 4.98 Å². The van der Waals surface area contributed by atoms with E-state index in [1.54, 1.807) is 30.0 Å². The number of alkyl halides is 3. The van der Waals surface area contributed by atoms with Crippen molar-refractivity contribution in [3.8, 4) is 0 Å². The van der Waals surface area contributed by atoms with E-state index in [1.165, 1.54) is 24.4 Å². The van der Waals surface area contributed by atoms with Crippen LogP contribution in [0.2, 0.25) is 0 Å². The van der Waals surface area contributed by atoms with Crippen LogP contribution in [0.4, 0.5) is 24.5 Å². The largest absolute Gasteiger partial charge is 0.466 e. The third-order valence-electron chi connectivity index (χ3n) is 6.00. The molecular weight excluding hydrogens is 463 g/mol. The summed E-state index contributed by atoms with van der Waals surface area (Å²) in [6, 6.07) is 10.1. The van der Waals surface area contributed by atoms with Crippen LogP contribution >= 0.6 is 0 Å². The Kier molecular flexibility index (Phi) is 6.81. The number of fused-ring (bicyclic) bond motifs is 1. The van der Waals surface area contributed by atoms with Crippen LogP contribution in [0, 0.1) is 5.92 Å². The van der Waals surface area contributed by atoms with E-state index in [0.29, 0.717) is 24.9 Å². The lowest BCUT2D eigenvalue weighted by Gasteiger charge is -2.33. The van der Waals surface area contributed by atoms with Crippen molar-refractivity contribution in [3.63, 3.8) is 0 Å². The molecule has 0 bridgehead atoms. The number of benzene rings is 2.